The number of ether oxygens (including phenoxy) is 1. The van der Waals surface area contributed by atoms with Crippen LogP contribution in [0.15, 0.2) is 22.4 Å². The first-order chi connectivity index (χ1) is 10.6. The number of benzene rings is 1. The monoisotopic (exact) mass is 383 g/mol. The van der Waals surface area contributed by atoms with E-state index in [0.717, 1.165) is 15.6 Å². The van der Waals surface area contributed by atoms with Crippen LogP contribution < -0.4 is 0 Å². The van der Waals surface area contributed by atoms with E-state index in [4.69, 9.17) is 9.57 Å². The summed E-state index contributed by atoms with van der Waals surface area (Å²) in [6.45, 7) is 9.03. The van der Waals surface area contributed by atoms with Crippen LogP contribution in [0, 0.1) is 13.8 Å². The molecular formula is C17H22BrNO4. The van der Waals surface area contributed by atoms with Crippen molar-refractivity contribution in [2.45, 2.75) is 46.4 Å². The molecule has 0 fully saturated rings. The van der Waals surface area contributed by atoms with Crippen LogP contribution in [0.2, 0.25) is 0 Å². The van der Waals surface area contributed by atoms with Crippen molar-refractivity contribution < 1.29 is 19.5 Å². The second-order valence-corrected chi connectivity index (χ2v) is 7.08. The van der Waals surface area contributed by atoms with Crippen molar-refractivity contribution in [2.75, 3.05) is 7.11 Å². The highest BCUT2D eigenvalue weighted by molar-refractivity contribution is 9.10. The second kappa shape index (κ2) is 6.26. The number of aliphatic hydroxyl groups excluding tert-OH is 1. The molecule has 0 saturated heterocycles. The molecule has 5 nitrogen and oxygen atoms in total. The summed E-state index contributed by atoms with van der Waals surface area (Å²) in [4.78, 5) is 18.4. The number of halogens is 1. The molecule has 1 aromatic carbocycles. The summed E-state index contributed by atoms with van der Waals surface area (Å²) in [6, 6.07) is 3.89. The van der Waals surface area contributed by atoms with Crippen molar-refractivity contribution in [1.29, 1.82) is 0 Å². The number of hydroxylamine groups is 2. The molecule has 0 radical (unpaired) electrons. The molecule has 126 valence electrons. The topological polar surface area (TPSA) is 59.0 Å². The van der Waals surface area contributed by atoms with Crippen molar-refractivity contribution >= 4 is 27.4 Å². The first-order valence-electron chi connectivity index (χ1n) is 7.36. The van der Waals surface area contributed by atoms with Crippen LogP contribution in [0.4, 0.5) is 0 Å². The Bertz CT molecular complexity index is 658. The van der Waals surface area contributed by atoms with Gasteiger partial charge in [-0.25, -0.2) is 9.90 Å². The van der Waals surface area contributed by atoms with Crippen LogP contribution in [0.25, 0.3) is 5.57 Å². The molecule has 1 amide bonds. The van der Waals surface area contributed by atoms with Crippen LogP contribution in [-0.2, 0) is 14.4 Å². The molecule has 1 heterocycles. The number of aryl methyl sites for hydroxylation is 2. The minimum absolute atomic E-state index is 0.0153. The van der Waals surface area contributed by atoms with Gasteiger partial charge in [0.2, 0.25) is 0 Å². The van der Waals surface area contributed by atoms with Crippen LogP contribution in [0.1, 0.15) is 37.5 Å². The largest absolute Gasteiger partial charge is 0.509 e. The Morgan fingerprint density at radius 2 is 1.91 bits per heavy atom. The third-order valence-electron chi connectivity index (χ3n) is 3.99. The van der Waals surface area contributed by atoms with Gasteiger partial charge in [0.15, 0.2) is 6.29 Å². The van der Waals surface area contributed by atoms with Crippen molar-refractivity contribution in [2.24, 2.45) is 0 Å². The van der Waals surface area contributed by atoms with Gasteiger partial charge in [0.25, 0.3) is 5.91 Å². The molecule has 1 aliphatic heterocycles. The lowest BCUT2D eigenvalue weighted by Gasteiger charge is -2.32. The van der Waals surface area contributed by atoms with Gasteiger partial charge in [0.05, 0.1) is 5.57 Å². The fourth-order valence-electron chi connectivity index (χ4n) is 2.69. The van der Waals surface area contributed by atoms with Gasteiger partial charge in [-0.2, -0.15) is 0 Å². The van der Waals surface area contributed by atoms with Crippen LogP contribution in [0.5, 0.6) is 0 Å². The average molecular weight is 384 g/mol. The SMILES string of the molecule is COC(C)ON1C(=O)C(c2c(C)cc(C)cc2Br)=C(O)C1(C)C. The highest BCUT2D eigenvalue weighted by Gasteiger charge is 2.48. The molecular weight excluding hydrogens is 362 g/mol. The predicted octanol–water partition coefficient (Wildman–Crippen LogP) is 3.88. The molecule has 0 bridgehead atoms. The third-order valence-corrected chi connectivity index (χ3v) is 4.62. The Morgan fingerprint density at radius 1 is 1.30 bits per heavy atom. The van der Waals surface area contributed by atoms with Crippen molar-refractivity contribution in [3.8, 4) is 0 Å². The van der Waals surface area contributed by atoms with Gasteiger partial charge in [-0.1, -0.05) is 22.0 Å². The van der Waals surface area contributed by atoms with E-state index in [-0.39, 0.29) is 17.2 Å². The average Bonchev–Trinajstić information content (AvgIpc) is 2.60. The maximum absolute atomic E-state index is 12.9. The smallest absolute Gasteiger partial charge is 0.282 e. The van der Waals surface area contributed by atoms with E-state index >= 15 is 0 Å². The highest BCUT2D eigenvalue weighted by Crippen LogP contribution is 2.42. The number of carbonyl (C=O) groups is 1. The summed E-state index contributed by atoms with van der Waals surface area (Å²) in [5.41, 5.74) is 1.94. The maximum Gasteiger partial charge on any atom is 0.282 e. The summed E-state index contributed by atoms with van der Waals surface area (Å²) < 4.78 is 5.83. The molecule has 0 aromatic heterocycles. The van der Waals surface area contributed by atoms with Gasteiger partial charge in [-0.3, -0.25) is 4.79 Å². The zero-order chi connectivity index (χ0) is 17.5. The number of hydrogen-bond acceptors (Lipinski definition) is 4. The zero-order valence-corrected chi connectivity index (χ0v) is 15.8. The number of hydrogen-bond donors (Lipinski definition) is 1. The summed E-state index contributed by atoms with van der Waals surface area (Å²) >= 11 is 3.50. The molecule has 0 aliphatic carbocycles. The van der Waals surface area contributed by atoms with E-state index in [0.29, 0.717) is 5.56 Å². The van der Waals surface area contributed by atoms with Gasteiger partial charge >= 0.3 is 0 Å². The van der Waals surface area contributed by atoms with E-state index in [2.05, 4.69) is 15.9 Å². The summed E-state index contributed by atoms with van der Waals surface area (Å²) in [5, 5.41) is 11.9. The second-order valence-electron chi connectivity index (χ2n) is 6.23. The van der Waals surface area contributed by atoms with E-state index in [1.54, 1.807) is 20.8 Å². The molecule has 1 atom stereocenters. The van der Waals surface area contributed by atoms with Crippen molar-refractivity contribution in [3.05, 3.63) is 39.1 Å². The van der Waals surface area contributed by atoms with Gasteiger partial charge in [-0.15, -0.1) is 0 Å². The molecule has 1 aromatic rings. The molecule has 0 saturated carbocycles. The molecule has 2 rings (SSSR count). The predicted molar refractivity (Wildman–Crippen MR) is 91.6 cm³/mol. The number of rotatable bonds is 4. The first-order valence-corrected chi connectivity index (χ1v) is 8.15. The molecule has 23 heavy (non-hydrogen) atoms. The van der Waals surface area contributed by atoms with Gasteiger partial charge < -0.3 is 9.84 Å². The summed E-state index contributed by atoms with van der Waals surface area (Å²) in [5.74, 6) is -0.400. The maximum atomic E-state index is 12.9. The first kappa shape index (κ1) is 18.0. The van der Waals surface area contributed by atoms with Gasteiger partial charge in [-0.05, 0) is 51.8 Å². The number of nitrogens with zero attached hydrogens (tertiary/aromatic N) is 1. The van der Waals surface area contributed by atoms with Crippen LogP contribution in [0.3, 0.4) is 0 Å². The third kappa shape index (κ3) is 3.03. The van der Waals surface area contributed by atoms with E-state index in [9.17, 15) is 9.90 Å². The van der Waals surface area contributed by atoms with Gasteiger partial charge in [0, 0.05) is 17.1 Å². The molecule has 1 N–H and O–H groups in total. The summed E-state index contributed by atoms with van der Waals surface area (Å²) in [6.07, 6.45) is -0.604. The molecule has 0 spiro atoms. The fraction of sp³-hybridized carbons (Fsp3) is 0.471. The van der Waals surface area contributed by atoms with Gasteiger partial charge in [0.1, 0.15) is 11.3 Å². The Morgan fingerprint density at radius 3 is 2.43 bits per heavy atom. The Hall–Kier alpha value is -1.37. The van der Waals surface area contributed by atoms with Crippen LogP contribution >= 0.6 is 15.9 Å². The quantitative estimate of drug-likeness (QED) is 0.801. The Kier molecular flexibility index (Phi) is 4.89. The Labute approximate surface area is 145 Å². The van der Waals surface area contributed by atoms with E-state index in [1.165, 1.54) is 12.2 Å². The molecule has 6 heteroatoms. The zero-order valence-electron chi connectivity index (χ0n) is 14.2. The number of aliphatic hydroxyl groups is 1. The summed E-state index contributed by atoms with van der Waals surface area (Å²) in [7, 11) is 1.49. The lowest BCUT2D eigenvalue weighted by Crippen LogP contribution is -2.45. The lowest BCUT2D eigenvalue weighted by atomic mass is 9.95. The standard InChI is InChI=1S/C17H22BrNO4/c1-9-7-10(2)13(12(18)8-9)14-15(20)17(4,5)19(16(14)21)23-11(3)22-6/h7-8,11,20H,1-6H3. The Balaban J connectivity index is 2.56. The van der Waals surface area contributed by atoms with E-state index in [1.807, 2.05) is 26.0 Å². The van der Waals surface area contributed by atoms with E-state index < -0.39 is 11.8 Å². The molecule has 1 aliphatic rings. The number of methoxy groups -OCH3 is 1. The highest BCUT2D eigenvalue weighted by atomic mass is 79.9. The van der Waals surface area contributed by atoms with Crippen molar-refractivity contribution in [1.82, 2.24) is 5.06 Å². The minimum Gasteiger partial charge on any atom is -0.509 e. The normalized spacial score (nSPS) is 18.7. The lowest BCUT2D eigenvalue weighted by molar-refractivity contribution is -0.276. The van der Waals surface area contributed by atoms with Crippen LogP contribution in [-0.4, -0.2) is 35.0 Å². The number of amides is 1. The fourth-order valence-corrected chi connectivity index (χ4v) is 3.56. The molecule has 1 unspecified atom stereocenters. The minimum atomic E-state index is -0.976. The van der Waals surface area contributed by atoms with Crippen molar-refractivity contribution in [3.63, 3.8) is 0 Å². The number of carbonyl (C=O) groups excluding carboxylic acids is 1.